The molecule has 1 fully saturated rings. The summed E-state index contributed by atoms with van der Waals surface area (Å²) < 4.78 is 13.1. The van der Waals surface area contributed by atoms with Gasteiger partial charge in [0.1, 0.15) is 5.82 Å². The summed E-state index contributed by atoms with van der Waals surface area (Å²) in [5.74, 6) is 0.441. The lowest BCUT2D eigenvalue weighted by Gasteiger charge is -2.08. The summed E-state index contributed by atoms with van der Waals surface area (Å²) in [5.41, 5.74) is 0.316. The molecule has 0 amide bonds. The van der Waals surface area contributed by atoms with Crippen LogP contribution < -0.4 is 0 Å². The van der Waals surface area contributed by atoms with Crippen molar-refractivity contribution in [3.05, 3.63) is 34.6 Å². The summed E-state index contributed by atoms with van der Waals surface area (Å²) in [7, 11) is 0. The molecular weight excluding hydrogens is 235 g/mol. The van der Waals surface area contributed by atoms with E-state index in [1.807, 2.05) is 0 Å². The van der Waals surface area contributed by atoms with Crippen LogP contribution in [0.1, 0.15) is 23.2 Å². The van der Waals surface area contributed by atoms with Crippen molar-refractivity contribution in [1.29, 1.82) is 0 Å². The number of rotatable bonds is 2. The van der Waals surface area contributed by atoms with E-state index < -0.39 is 5.82 Å². The van der Waals surface area contributed by atoms with Crippen molar-refractivity contribution >= 4 is 29.1 Å². The van der Waals surface area contributed by atoms with Gasteiger partial charge in [0.15, 0.2) is 5.78 Å². The third-order valence-corrected chi connectivity index (χ3v) is 4.20. The summed E-state index contributed by atoms with van der Waals surface area (Å²) in [6.45, 7) is 0. The van der Waals surface area contributed by atoms with Crippen molar-refractivity contribution in [3.63, 3.8) is 0 Å². The Hall–Kier alpha value is -0.540. The van der Waals surface area contributed by atoms with E-state index in [0.29, 0.717) is 5.56 Å². The molecule has 1 aliphatic heterocycles. The van der Waals surface area contributed by atoms with Gasteiger partial charge in [0.05, 0.1) is 10.3 Å². The molecule has 0 aliphatic carbocycles. The predicted molar refractivity (Wildman–Crippen MR) is 61.2 cm³/mol. The van der Waals surface area contributed by atoms with E-state index in [2.05, 4.69) is 0 Å². The van der Waals surface area contributed by atoms with Crippen molar-refractivity contribution < 1.29 is 9.18 Å². The topological polar surface area (TPSA) is 17.1 Å². The monoisotopic (exact) mass is 244 g/mol. The molecule has 1 unspecified atom stereocenters. The molecule has 80 valence electrons. The number of Topliss-reactive ketones (excluding diaryl/α,β-unsaturated/α-hetero) is 1. The molecule has 0 spiro atoms. The minimum absolute atomic E-state index is 0.0377. The predicted octanol–water partition coefficient (Wildman–Crippen LogP) is 3.56. The number of carbonyl (C=O) groups is 1. The van der Waals surface area contributed by atoms with Crippen LogP contribution in [0.4, 0.5) is 4.39 Å². The number of hydrogen-bond donors (Lipinski definition) is 0. The zero-order chi connectivity index (χ0) is 10.8. The van der Waals surface area contributed by atoms with Crippen LogP contribution in [0.2, 0.25) is 5.02 Å². The quantitative estimate of drug-likeness (QED) is 0.740. The van der Waals surface area contributed by atoms with Crippen molar-refractivity contribution in [2.24, 2.45) is 0 Å². The van der Waals surface area contributed by atoms with Crippen LogP contribution in [0, 0.1) is 5.82 Å². The Labute approximate surface area is 97.0 Å². The molecule has 1 heterocycles. The molecule has 1 atom stereocenters. The van der Waals surface area contributed by atoms with Crippen LogP contribution in [-0.2, 0) is 0 Å². The molecule has 0 saturated carbocycles. The van der Waals surface area contributed by atoms with Crippen molar-refractivity contribution in [2.75, 3.05) is 5.75 Å². The number of benzene rings is 1. The average Bonchev–Trinajstić information content (AvgIpc) is 2.74. The van der Waals surface area contributed by atoms with E-state index >= 15 is 0 Å². The minimum atomic E-state index is -0.523. The second-order valence-electron chi connectivity index (χ2n) is 3.47. The van der Waals surface area contributed by atoms with Crippen LogP contribution in [0.25, 0.3) is 0 Å². The number of halogens is 2. The van der Waals surface area contributed by atoms with Gasteiger partial charge < -0.3 is 0 Å². The molecule has 1 aromatic rings. The van der Waals surface area contributed by atoms with Gasteiger partial charge in [0.25, 0.3) is 0 Å². The lowest BCUT2D eigenvalue weighted by molar-refractivity contribution is 0.0988. The van der Waals surface area contributed by atoms with E-state index in [1.54, 1.807) is 17.8 Å². The van der Waals surface area contributed by atoms with Crippen LogP contribution in [-0.4, -0.2) is 16.8 Å². The number of carbonyl (C=O) groups excluding carboxylic acids is 1. The van der Waals surface area contributed by atoms with Gasteiger partial charge in [0.2, 0.25) is 0 Å². The lowest BCUT2D eigenvalue weighted by atomic mass is 10.1. The first-order valence-electron chi connectivity index (χ1n) is 4.80. The maximum absolute atomic E-state index is 13.1. The standard InChI is InChI=1S/C11H10ClFOS/c12-10-7(3-1-4-8(10)13)11(14)9-5-2-6-15-9/h1,3-4,9H,2,5-6H2. The van der Waals surface area contributed by atoms with E-state index in [0.717, 1.165) is 18.6 Å². The average molecular weight is 245 g/mol. The molecule has 0 N–H and O–H groups in total. The summed E-state index contributed by atoms with van der Waals surface area (Å²) >= 11 is 7.39. The van der Waals surface area contributed by atoms with Crippen molar-refractivity contribution in [2.45, 2.75) is 18.1 Å². The summed E-state index contributed by atoms with van der Waals surface area (Å²) in [6.07, 6.45) is 1.92. The molecule has 1 aliphatic rings. The molecule has 1 nitrogen and oxygen atoms in total. The number of ketones is 1. The minimum Gasteiger partial charge on any atom is -0.293 e. The molecule has 2 rings (SSSR count). The third-order valence-electron chi connectivity index (χ3n) is 2.44. The molecule has 0 aromatic heterocycles. The molecule has 4 heteroatoms. The van der Waals surface area contributed by atoms with Gasteiger partial charge in [-0.25, -0.2) is 4.39 Å². The Morgan fingerprint density at radius 2 is 2.33 bits per heavy atom. The molecule has 1 aromatic carbocycles. The molecule has 15 heavy (non-hydrogen) atoms. The van der Waals surface area contributed by atoms with Crippen molar-refractivity contribution in [3.8, 4) is 0 Å². The fourth-order valence-corrected chi connectivity index (χ4v) is 3.10. The Balaban J connectivity index is 2.28. The first-order valence-corrected chi connectivity index (χ1v) is 6.22. The fourth-order valence-electron chi connectivity index (χ4n) is 1.65. The van der Waals surface area contributed by atoms with Gasteiger partial charge in [-0.2, -0.15) is 11.8 Å². The van der Waals surface area contributed by atoms with E-state index in [4.69, 9.17) is 11.6 Å². The summed E-state index contributed by atoms with van der Waals surface area (Å²) in [6, 6.07) is 4.38. The molecule has 0 bridgehead atoms. The Kier molecular flexibility index (Phi) is 3.32. The largest absolute Gasteiger partial charge is 0.293 e. The highest BCUT2D eigenvalue weighted by atomic mass is 35.5. The normalized spacial score (nSPS) is 20.5. The van der Waals surface area contributed by atoms with Crippen molar-refractivity contribution in [1.82, 2.24) is 0 Å². The Morgan fingerprint density at radius 1 is 1.53 bits per heavy atom. The number of hydrogen-bond acceptors (Lipinski definition) is 2. The zero-order valence-electron chi connectivity index (χ0n) is 8.00. The van der Waals surface area contributed by atoms with Gasteiger partial charge >= 0.3 is 0 Å². The van der Waals surface area contributed by atoms with E-state index in [-0.39, 0.29) is 16.1 Å². The third kappa shape index (κ3) is 2.18. The maximum Gasteiger partial charge on any atom is 0.177 e. The van der Waals surface area contributed by atoms with E-state index in [1.165, 1.54) is 12.1 Å². The Bertz CT molecular complexity index is 388. The fraction of sp³-hybridized carbons (Fsp3) is 0.364. The van der Waals surface area contributed by atoms with Gasteiger partial charge in [0, 0.05) is 5.56 Å². The van der Waals surface area contributed by atoms with Crippen LogP contribution in [0.15, 0.2) is 18.2 Å². The number of thioether (sulfide) groups is 1. The lowest BCUT2D eigenvalue weighted by Crippen LogP contribution is -2.14. The maximum atomic E-state index is 13.1. The zero-order valence-corrected chi connectivity index (χ0v) is 9.58. The molecule has 0 radical (unpaired) electrons. The first kappa shape index (κ1) is 11.0. The molecular formula is C11H10ClFOS. The van der Waals surface area contributed by atoms with Gasteiger partial charge in [-0.05, 0) is 30.7 Å². The Morgan fingerprint density at radius 3 is 3.00 bits per heavy atom. The van der Waals surface area contributed by atoms with E-state index in [9.17, 15) is 9.18 Å². The second-order valence-corrected chi connectivity index (χ2v) is 5.16. The SMILES string of the molecule is O=C(c1cccc(F)c1Cl)C1CCCS1. The highest BCUT2D eigenvalue weighted by molar-refractivity contribution is 8.00. The smallest absolute Gasteiger partial charge is 0.177 e. The van der Waals surface area contributed by atoms with Gasteiger partial charge in [-0.1, -0.05) is 17.7 Å². The van der Waals surface area contributed by atoms with Crippen LogP contribution in [0.5, 0.6) is 0 Å². The second kappa shape index (κ2) is 4.54. The summed E-state index contributed by atoms with van der Waals surface area (Å²) in [5, 5.41) is -0.0840. The first-order chi connectivity index (χ1) is 7.20. The van der Waals surface area contributed by atoms with Gasteiger partial charge in [-0.3, -0.25) is 4.79 Å². The van der Waals surface area contributed by atoms with Gasteiger partial charge in [-0.15, -0.1) is 0 Å². The highest BCUT2D eigenvalue weighted by Gasteiger charge is 2.26. The summed E-state index contributed by atoms with van der Waals surface area (Å²) in [4.78, 5) is 11.9. The van der Waals surface area contributed by atoms with Crippen LogP contribution in [0.3, 0.4) is 0 Å². The van der Waals surface area contributed by atoms with Crippen LogP contribution >= 0.6 is 23.4 Å². The highest BCUT2D eigenvalue weighted by Crippen LogP contribution is 2.31. The molecule has 1 saturated heterocycles.